The predicted octanol–water partition coefficient (Wildman–Crippen LogP) is 0.610. The molecule has 0 spiro atoms. The molecule has 1 aromatic heterocycles. The first kappa shape index (κ1) is 12.6. The number of rotatable bonds is 2. The Morgan fingerprint density at radius 3 is 3.00 bits per heavy atom. The minimum atomic E-state index is -0.765. The van der Waals surface area contributed by atoms with E-state index in [0.29, 0.717) is 13.1 Å². The van der Waals surface area contributed by atoms with Crippen LogP contribution in [0.3, 0.4) is 0 Å². The van der Waals surface area contributed by atoms with Gasteiger partial charge in [-0.05, 0) is 25.8 Å². The lowest BCUT2D eigenvalue weighted by molar-refractivity contribution is -0.160. The van der Waals surface area contributed by atoms with Crippen LogP contribution in [0.5, 0.6) is 0 Å². The van der Waals surface area contributed by atoms with E-state index in [1.165, 1.54) is 0 Å². The third-order valence-electron chi connectivity index (χ3n) is 3.03. The lowest BCUT2D eigenvalue weighted by atomic mass is 10.1. The number of hydrogen-bond donors (Lipinski definition) is 0. The van der Waals surface area contributed by atoms with Gasteiger partial charge in [-0.2, -0.15) is 5.10 Å². The second kappa shape index (κ2) is 5.66. The lowest BCUT2D eigenvalue weighted by Gasteiger charge is -2.32. The summed E-state index contributed by atoms with van der Waals surface area (Å²) in [6, 6.07) is 2.00. The van der Waals surface area contributed by atoms with Crippen molar-refractivity contribution in [3.63, 3.8) is 0 Å². The Bertz CT molecular complexity index is 416. The topological polar surface area (TPSA) is 64.4 Å². The number of ether oxygens (including phenoxy) is 1. The Kier molecular flexibility index (Phi) is 3.96. The molecular weight excluding hydrogens is 234 g/mol. The molecule has 98 valence electrons. The van der Waals surface area contributed by atoms with Gasteiger partial charge in [0.2, 0.25) is 0 Å². The van der Waals surface area contributed by atoms with Gasteiger partial charge in [-0.15, -0.1) is 0 Å². The number of likely N-dealkylation sites (tertiary alicyclic amines) is 1. The minimum absolute atomic E-state index is 0.145. The molecule has 0 aromatic carbocycles. The van der Waals surface area contributed by atoms with Crippen LogP contribution in [0.4, 0.5) is 0 Å². The van der Waals surface area contributed by atoms with Crippen LogP contribution in [-0.2, 0) is 14.3 Å². The number of piperidine rings is 1. The van der Waals surface area contributed by atoms with Crippen LogP contribution in [0.15, 0.2) is 18.5 Å². The average molecular weight is 251 g/mol. The van der Waals surface area contributed by atoms with Crippen molar-refractivity contribution in [2.75, 3.05) is 19.7 Å². The Hall–Kier alpha value is -1.85. The first-order valence-electron chi connectivity index (χ1n) is 6.17. The van der Waals surface area contributed by atoms with Crippen LogP contribution in [0.2, 0.25) is 0 Å². The summed E-state index contributed by atoms with van der Waals surface area (Å²) < 4.78 is 6.57. The highest BCUT2D eigenvalue weighted by Crippen LogP contribution is 2.20. The second-order valence-electron chi connectivity index (χ2n) is 4.25. The third kappa shape index (κ3) is 2.69. The zero-order chi connectivity index (χ0) is 13.0. The lowest BCUT2D eigenvalue weighted by Crippen LogP contribution is -2.44. The summed E-state index contributed by atoms with van der Waals surface area (Å²) in [5.74, 6) is -1.31. The van der Waals surface area contributed by atoms with Crippen molar-refractivity contribution in [1.29, 1.82) is 0 Å². The standard InChI is InChI=1S/C12H17N3O3/c1-2-18-12(17)11(16)14-7-3-5-10(9-14)15-8-4-6-13-15/h4,6,8,10H,2-3,5,7,9H2,1H3. The number of nitrogens with zero attached hydrogens (tertiary/aromatic N) is 3. The Morgan fingerprint density at radius 1 is 1.50 bits per heavy atom. The molecule has 6 nitrogen and oxygen atoms in total. The number of amides is 1. The van der Waals surface area contributed by atoms with Crippen molar-refractivity contribution in [1.82, 2.24) is 14.7 Å². The molecule has 1 saturated heterocycles. The van der Waals surface area contributed by atoms with E-state index in [-0.39, 0.29) is 12.6 Å². The van der Waals surface area contributed by atoms with Gasteiger partial charge < -0.3 is 9.64 Å². The molecular formula is C12H17N3O3. The predicted molar refractivity (Wildman–Crippen MR) is 63.7 cm³/mol. The number of aromatic nitrogens is 2. The van der Waals surface area contributed by atoms with Crippen LogP contribution in [-0.4, -0.2) is 46.3 Å². The maximum atomic E-state index is 11.8. The number of carbonyl (C=O) groups is 2. The van der Waals surface area contributed by atoms with Crippen molar-refractivity contribution in [3.8, 4) is 0 Å². The molecule has 0 aliphatic carbocycles. The maximum absolute atomic E-state index is 11.8. The summed E-state index contributed by atoms with van der Waals surface area (Å²) in [5, 5.41) is 4.18. The number of hydrogen-bond acceptors (Lipinski definition) is 4. The molecule has 6 heteroatoms. The fraction of sp³-hybridized carbons (Fsp3) is 0.583. The number of esters is 1. The molecule has 1 aromatic rings. The zero-order valence-corrected chi connectivity index (χ0v) is 10.4. The fourth-order valence-corrected chi connectivity index (χ4v) is 2.17. The van der Waals surface area contributed by atoms with Crippen LogP contribution in [0.25, 0.3) is 0 Å². The van der Waals surface area contributed by atoms with E-state index in [9.17, 15) is 9.59 Å². The molecule has 2 heterocycles. The molecule has 2 rings (SSSR count). The summed E-state index contributed by atoms with van der Waals surface area (Å²) in [5.41, 5.74) is 0. The summed E-state index contributed by atoms with van der Waals surface area (Å²) in [4.78, 5) is 24.8. The molecule has 1 atom stereocenters. The van der Waals surface area contributed by atoms with Crippen molar-refractivity contribution in [2.24, 2.45) is 0 Å². The summed E-state index contributed by atoms with van der Waals surface area (Å²) in [7, 11) is 0. The van der Waals surface area contributed by atoms with Crippen LogP contribution in [0.1, 0.15) is 25.8 Å². The summed E-state index contributed by atoms with van der Waals surface area (Å²) in [6.07, 6.45) is 5.43. The molecule has 0 saturated carbocycles. The first-order chi connectivity index (χ1) is 8.72. The van der Waals surface area contributed by atoms with Crippen molar-refractivity contribution in [2.45, 2.75) is 25.8 Å². The Balaban J connectivity index is 1.98. The Morgan fingerprint density at radius 2 is 2.33 bits per heavy atom. The highest BCUT2D eigenvalue weighted by molar-refractivity contribution is 6.32. The van der Waals surface area contributed by atoms with Gasteiger partial charge in [0.25, 0.3) is 0 Å². The highest BCUT2D eigenvalue weighted by Gasteiger charge is 2.29. The molecule has 1 unspecified atom stereocenters. The van der Waals surface area contributed by atoms with E-state index < -0.39 is 11.9 Å². The van der Waals surface area contributed by atoms with E-state index in [1.54, 1.807) is 18.0 Å². The van der Waals surface area contributed by atoms with Gasteiger partial charge in [0.15, 0.2) is 0 Å². The maximum Gasteiger partial charge on any atom is 0.397 e. The molecule has 18 heavy (non-hydrogen) atoms. The van der Waals surface area contributed by atoms with Gasteiger partial charge in [0.1, 0.15) is 0 Å². The third-order valence-corrected chi connectivity index (χ3v) is 3.03. The van der Waals surface area contributed by atoms with Gasteiger partial charge in [-0.3, -0.25) is 9.48 Å². The Labute approximate surface area is 106 Å². The van der Waals surface area contributed by atoms with Gasteiger partial charge in [0.05, 0.1) is 12.6 Å². The van der Waals surface area contributed by atoms with Crippen LogP contribution < -0.4 is 0 Å². The molecule has 1 aliphatic rings. The normalized spacial score (nSPS) is 19.6. The largest absolute Gasteiger partial charge is 0.459 e. The zero-order valence-electron chi connectivity index (χ0n) is 10.4. The van der Waals surface area contributed by atoms with Gasteiger partial charge >= 0.3 is 11.9 Å². The van der Waals surface area contributed by atoms with Crippen molar-refractivity contribution >= 4 is 11.9 Å². The van der Waals surface area contributed by atoms with E-state index in [4.69, 9.17) is 4.74 Å². The van der Waals surface area contributed by atoms with Crippen LogP contribution in [0, 0.1) is 0 Å². The molecule has 0 bridgehead atoms. The summed E-state index contributed by atoms with van der Waals surface area (Å²) in [6.45, 7) is 3.03. The van der Waals surface area contributed by atoms with E-state index >= 15 is 0 Å². The molecule has 1 amide bonds. The van der Waals surface area contributed by atoms with E-state index in [1.807, 2.05) is 16.9 Å². The molecule has 0 N–H and O–H groups in total. The fourth-order valence-electron chi connectivity index (χ4n) is 2.17. The van der Waals surface area contributed by atoms with Gasteiger partial charge in [-0.1, -0.05) is 0 Å². The van der Waals surface area contributed by atoms with Gasteiger partial charge in [-0.25, -0.2) is 4.79 Å². The smallest absolute Gasteiger partial charge is 0.397 e. The monoisotopic (exact) mass is 251 g/mol. The second-order valence-corrected chi connectivity index (χ2v) is 4.25. The SMILES string of the molecule is CCOC(=O)C(=O)N1CCCC(n2cccn2)C1. The van der Waals surface area contributed by atoms with Crippen LogP contribution >= 0.6 is 0 Å². The van der Waals surface area contributed by atoms with Crippen molar-refractivity contribution < 1.29 is 14.3 Å². The van der Waals surface area contributed by atoms with E-state index in [0.717, 1.165) is 12.8 Å². The number of carbonyl (C=O) groups excluding carboxylic acids is 2. The van der Waals surface area contributed by atoms with E-state index in [2.05, 4.69) is 5.10 Å². The average Bonchev–Trinajstić information content (AvgIpc) is 2.92. The molecule has 1 fully saturated rings. The molecule has 0 radical (unpaired) electrons. The highest BCUT2D eigenvalue weighted by atomic mass is 16.5. The molecule has 1 aliphatic heterocycles. The van der Waals surface area contributed by atoms with Gasteiger partial charge in [0, 0.05) is 25.5 Å². The first-order valence-corrected chi connectivity index (χ1v) is 6.17. The minimum Gasteiger partial charge on any atom is -0.459 e. The quantitative estimate of drug-likeness (QED) is 0.570. The summed E-state index contributed by atoms with van der Waals surface area (Å²) >= 11 is 0. The van der Waals surface area contributed by atoms with Crippen molar-refractivity contribution in [3.05, 3.63) is 18.5 Å².